The monoisotopic (exact) mass is 497 g/mol. The van der Waals surface area contributed by atoms with E-state index in [1.54, 1.807) is 0 Å². The van der Waals surface area contributed by atoms with Crippen LogP contribution in [0, 0.1) is 0 Å². The van der Waals surface area contributed by atoms with Gasteiger partial charge in [0.25, 0.3) is 0 Å². The first-order valence-electron chi connectivity index (χ1n) is 10.4. The van der Waals surface area contributed by atoms with Gasteiger partial charge in [0.15, 0.2) is 5.96 Å². The summed E-state index contributed by atoms with van der Waals surface area (Å²) in [5.41, 5.74) is 0. The van der Waals surface area contributed by atoms with E-state index in [-0.39, 0.29) is 24.0 Å². The highest BCUT2D eigenvalue weighted by Crippen LogP contribution is 2.08. The van der Waals surface area contributed by atoms with Gasteiger partial charge in [-0.25, -0.2) is 0 Å². The lowest BCUT2D eigenvalue weighted by Gasteiger charge is -2.37. The second-order valence-corrected chi connectivity index (χ2v) is 7.18. The van der Waals surface area contributed by atoms with Gasteiger partial charge in [0.05, 0.1) is 19.3 Å². The number of piperazine rings is 1. The van der Waals surface area contributed by atoms with E-state index in [2.05, 4.69) is 41.2 Å². The van der Waals surface area contributed by atoms with Crippen molar-refractivity contribution in [1.29, 1.82) is 0 Å². The molecular weight excluding hydrogens is 457 g/mol. The highest BCUT2D eigenvalue weighted by molar-refractivity contribution is 14.0. The highest BCUT2D eigenvalue weighted by Gasteiger charge is 2.20. The Morgan fingerprint density at radius 2 is 2.00 bits per heavy atom. The second-order valence-electron chi connectivity index (χ2n) is 7.18. The molecule has 0 saturated carbocycles. The first-order chi connectivity index (χ1) is 12.7. The molecule has 0 bridgehead atoms. The minimum absolute atomic E-state index is 0. The molecule has 2 N–H and O–H groups in total. The van der Waals surface area contributed by atoms with Crippen molar-refractivity contribution >= 4 is 29.9 Å². The molecule has 0 aromatic heterocycles. The normalized spacial score (nSPS) is 23.1. The van der Waals surface area contributed by atoms with Crippen LogP contribution in [-0.2, 0) is 9.47 Å². The molecule has 0 aliphatic carbocycles. The summed E-state index contributed by atoms with van der Waals surface area (Å²) < 4.78 is 11.1. The van der Waals surface area contributed by atoms with Gasteiger partial charge < -0.3 is 25.0 Å². The Kier molecular flexibility index (Phi) is 13.6. The predicted octanol–water partition coefficient (Wildman–Crippen LogP) is 1.38. The maximum absolute atomic E-state index is 5.80. The van der Waals surface area contributed by atoms with Gasteiger partial charge in [-0.1, -0.05) is 6.92 Å². The van der Waals surface area contributed by atoms with Gasteiger partial charge >= 0.3 is 0 Å². The van der Waals surface area contributed by atoms with E-state index in [1.807, 2.05) is 0 Å². The van der Waals surface area contributed by atoms with Crippen LogP contribution < -0.4 is 10.6 Å². The molecule has 160 valence electrons. The lowest BCUT2D eigenvalue weighted by molar-refractivity contribution is 0.0420. The van der Waals surface area contributed by atoms with Crippen molar-refractivity contribution in [2.75, 3.05) is 72.2 Å². The van der Waals surface area contributed by atoms with Gasteiger partial charge in [0.1, 0.15) is 0 Å². The maximum Gasteiger partial charge on any atom is 0.191 e. The zero-order valence-corrected chi connectivity index (χ0v) is 19.7. The molecule has 27 heavy (non-hydrogen) atoms. The summed E-state index contributed by atoms with van der Waals surface area (Å²) in [4.78, 5) is 9.85. The summed E-state index contributed by atoms with van der Waals surface area (Å²) in [6, 6.07) is 0.482. The van der Waals surface area contributed by atoms with E-state index in [9.17, 15) is 0 Å². The minimum atomic E-state index is 0. The molecule has 2 rings (SSSR count). The molecule has 2 aliphatic heterocycles. The Balaban J connectivity index is 0.00000364. The van der Waals surface area contributed by atoms with Crippen LogP contribution in [0.3, 0.4) is 0 Å². The topological polar surface area (TPSA) is 61.4 Å². The second kappa shape index (κ2) is 14.8. The number of rotatable bonds is 10. The van der Waals surface area contributed by atoms with Crippen molar-refractivity contribution in [1.82, 2.24) is 20.4 Å². The van der Waals surface area contributed by atoms with E-state index in [1.165, 1.54) is 13.1 Å². The Hall–Kier alpha value is -0.160. The molecule has 0 radical (unpaired) electrons. The van der Waals surface area contributed by atoms with Gasteiger partial charge in [0.2, 0.25) is 0 Å². The Morgan fingerprint density at radius 1 is 1.22 bits per heavy atom. The van der Waals surface area contributed by atoms with Gasteiger partial charge in [-0.2, -0.15) is 0 Å². The first-order valence-corrected chi connectivity index (χ1v) is 10.4. The quantitative estimate of drug-likeness (QED) is 0.206. The molecule has 0 spiro atoms. The molecule has 0 aromatic rings. The van der Waals surface area contributed by atoms with Crippen molar-refractivity contribution in [2.24, 2.45) is 4.99 Å². The summed E-state index contributed by atoms with van der Waals surface area (Å²) in [7, 11) is 0. The number of halogens is 1. The molecule has 0 aromatic carbocycles. The van der Waals surface area contributed by atoms with Gasteiger partial charge in [-0.05, 0) is 33.2 Å². The number of likely N-dealkylation sites (N-methyl/N-ethyl adjacent to an activating group) is 1. The molecular formula is C19H40IN5O2. The van der Waals surface area contributed by atoms with Crippen molar-refractivity contribution in [3.05, 3.63) is 0 Å². The molecule has 2 aliphatic rings. The van der Waals surface area contributed by atoms with Crippen molar-refractivity contribution in [2.45, 2.75) is 45.8 Å². The Morgan fingerprint density at radius 3 is 2.63 bits per heavy atom. The predicted molar refractivity (Wildman–Crippen MR) is 122 cm³/mol. The van der Waals surface area contributed by atoms with Crippen LogP contribution in [0.5, 0.6) is 0 Å². The fraction of sp³-hybridized carbons (Fsp3) is 0.947. The summed E-state index contributed by atoms with van der Waals surface area (Å²) in [5, 5.41) is 6.76. The fourth-order valence-corrected chi connectivity index (χ4v) is 3.37. The lowest BCUT2D eigenvalue weighted by Crippen LogP contribution is -2.50. The Bertz CT molecular complexity index is 400. The SMILES string of the molecule is CCNC(=NCC(C)N1CCN(CC)CC1)NCCCOC1CCOC1.I. The number of nitrogens with one attached hydrogen (secondary N) is 2. The summed E-state index contributed by atoms with van der Waals surface area (Å²) >= 11 is 0. The number of ether oxygens (including phenoxy) is 2. The molecule has 2 heterocycles. The van der Waals surface area contributed by atoms with E-state index in [0.717, 1.165) is 77.9 Å². The highest BCUT2D eigenvalue weighted by atomic mass is 127. The van der Waals surface area contributed by atoms with Crippen LogP contribution in [-0.4, -0.2) is 100 Å². The summed E-state index contributed by atoms with van der Waals surface area (Å²) in [6.07, 6.45) is 2.31. The van der Waals surface area contributed by atoms with E-state index in [4.69, 9.17) is 14.5 Å². The standard InChI is InChI=1S/C19H39N5O2.HI/c1-4-20-19(21-8-6-13-26-18-7-14-25-16-18)22-15-17(3)24-11-9-23(5-2)10-12-24;/h17-18H,4-16H2,1-3H3,(H2,20,21,22);1H. The van der Waals surface area contributed by atoms with Crippen LogP contribution in [0.1, 0.15) is 33.6 Å². The lowest BCUT2D eigenvalue weighted by atomic mass is 10.2. The smallest absolute Gasteiger partial charge is 0.191 e. The van der Waals surface area contributed by atoms with Crippen LogP contribution in [0.4, 0.5) is 0 Å². The Labute approximate surface area is 182 Å². The van der Waals surface area contributed by atoms with Gasteiger partial charge in [-0.15, -0.1) is 24.0 Å². The molecule has 7 nitrogen and oxygen atoms in total. The summed E-state index contributed by atoms with van der Waals surface area (Å²) in [5.74, 6) is 0.913. The third kappa shape index (κ3) is 9.74. The van der Waals surface area contributed by atoms with Crippen LogP contribution in [0.2, 0.25) is 0 Å². The molecule has 2 fully saturated rings. The number of hydrogen-bond acceptors (Lipinski definition) is 5. The molecule has 0 amide bonds. The zero-order valence-electron chi connectivity index (χ0n) is 17.4. The third-order valence-electron chi connectivity index (χ3n) is 5.19. The van der Waals surface area contributed by atoms with E-state index >= 15 is 0 Å². The number of aliphatic imine (C=N–C) groups is 1. The van der Waals surface area contributed by atoms with Crippen LogP contribution in [0.25, 0.3) is 0 Å². The first kappa shape index (κ1) is 24.9. The maximum atomic E-state index is 5.80. The third-order valence-corrected chi connectivity index (χ3v) is 5.19. The minimum Gasteiger partial charge on any atom is -0.379 e. The average molecular weight is 497 g/mol. The average Bonchev–Trinajstić information content (AvgIpc) is 3.19. The van der Waals surface area contributed by atoms with Gasteiger partial charge in [-0.3, -0.25) is 9.89 Å². The molecule has 8 heteroatoms. The molecule has 2 atom stereocenters. The van der Waals surface area contributed by atoms with E-state index < -0.39 is 0 Å². The molecule has 2 unspecified atom stereocenters. The molecule has 2 saturated heterocycles. The number of nitrogens with zero attached hydrogens (tertiary/aromatic N) is 3. The van der Waals surface area contributed by atoms with Crippen LogP contribution in [0.15, 0.2) is 4.99 Å². The summed E-state index contributed by atoms with van der Waals surface area (Å²) in [6.45, 7) is 17.4. The fourth-order valence-electron chi connectivity index (χ4n) is 3.37. The van der Waals surface area contributed by atoms with E-state index in [0.29, 0.717) is 12.1 Å². The number of guanidine groups is 1. The van der Waals surface area contributed by atoms with Gasteiger partial charge in [0, 0.05) is 58.5 Å². The van der Waals surface area contributed by atoms with Crippen LogP contribution >= 0.6 is 24.0 Å². The van der Waals surface area contributed by atoms with Crippen molar-refractivity contribution in [3.63, 3.8) is 0 Å². The largest absolute Gasteiger partial charge is 0.379 e. The van der Waals surface area contributed by atoms with Crippen molar-refractivity contribution < 1.29 is 9.47 Å². The number of hydrogen-bond donors (Lipinski definition) is 2. The zero-order chi connectivity index (χ0) is 18.6. The van der Waals surface area contributed by atoms with Crippen molar-refractivity contribution in [3.8, 4) is 0 Å².